The SMILES string of the molecule is O=C(CN1CCOC(C(=O)N2CCCCC2)C1)Nc1ccc(F)cc1. The van der Waals surface area contributed by atoms with Gasteiger partial charge in [-0.25, -0.2) is 4.39 Å². The van der Waals surface area contributed by atoms with Gasteiger partial charge in [0.25, 0.3) is 5.91 Å². The highest BCUT2D eigenvalue weighted by Crippen LogP contribution is 2.14. The van der Waals surface area contributed by atoms with Gasteiger partial charge in [0.1, 0.15) is 11.9 Å². The zero-order valence-corrected chi connectivity index (χ0v) is 14.2. The Morgan fingerprint density at radius 2 is 1.84 bits per heavy atom. The molecule has 0 radical (unpaired) electrons. The van der Waals surface area contributed by atoms with Crippen LogP contribution in [0.15, 0.2) is 24.3 Å². The normalized spacial score (nSPS) is 21.8. The standard InChI is InChI=1S/C18H24FN3O3/c19-14-4-6-15(7-5-14)20-17(23)13-21-10-11-25-16(12-21)18(24)22-8-2-1-3-9-22/h4-7,16H,1-3,8-13H2,(H,20,23). The van der Waals surface area contributed by atoms with E-state index in [1.165, 1.54) is 30.7 Å². The first kappa shape index (κ1) is 17.8. The number of anilines is 1. The molecular weight excluding hydrogens is 325 g/mol. The molecule has 2 aliphatic rings. The molecule has 2 aliphatic heterocycles. The Morgan fingerprint density at radius 1 is 1.12 bits per heavy atom. The minimum atomic E-state index is -0.495. The van der Waals surface area contributed by atoms with E-state index in [-0.39, 0.29) is 24.2 Å². The average molecular weight is 349 g/mol. The van der Waals surface area contributed by atoms with Crippen molar-refractivity contribution in [3.63, 3.8) is 0 Å². The molecule has 2 heterocycles. The van der Waals surface area contributed by atoms with Crippen molar-refractivity contribution in [2.75, 3.05) is 44.6 Å². The number of halogens is 1. The molecule has 25 heavy (non-hydrogen) atoms. The molecule has 0 bridgehead atoms. The number of likely N-dealkylation sites (tertiary alicyclic amines) is 1. The van der Waals surface area contributed by atoms with E-state index in [4.69, 9.17) is 4.74 Å². The molecule has 1 aromatic carbocycles. The molecule has 3 rings (SSSR count). The van der Waals surface area contributed by atoms with E-state index in [1.807, 2.05) is 9.80 Å². The molecule has 0 aliphatic carbocycles. The predicted molar refractivity (Wildman–Crippen MR) is 91.6 cm³/mol. The quantitative estimate of drug-likeness (QED) is 0.894. The van der Waals surface area contributed by atoms with Gasteiger partial charge in [-0.15, -0.1) is 0 Å². The predicted octanol–water partition coefficient (Wildman–Crippen LogP) is 1.48. The number of morpholine rings is 1. The number of benzene rings is 1. The summed E-state index contributed by atoms with van der Waals surface area (Å²) in [6.45, 7) is 3.25. The number of carbonyl (C=O) groups excluding carboxylic acids is 2. The fourth-order valence-electron chi connectivity index (χ4n) is 3.25. The highest BCUT2D eigenvalue weighted by atomic mass is 19.1. The van der Waals surface area contributed by atoms with Gasteiger partial charge in [0.15, 0.2) is 0 Å². The Balaban J connectivity index is 1.49. The summed E-state index contributed by atoms with van der Waals surface area (Å²) < 4.78 is 18.5. The third-order valence-corrected chi connectivity index (χ3v) is 4.59. The second-order valence-electron chi connectivity index (χ2n) is 6.54. The Kier molecular flexibility index (Phi) is 5.99. The summed E-state index contributed by atoms with van der Waals surface area (Å²) in [5.41, 5.74) is 0.556. The lowest BCUT2D eigenvalue weighted by Gasteiger charge is -2.35. The Morgan fingerprint density at radius 3 is 2.56 bits per heavy atom. The number of amides is 2. The summed E-state index contributed by atoms with van der Waals surface area (Å²) in [5, 5.41) is 2.74. The Hall–Kier alpha value is -1.99. The number of hydrogen-bond donors (Lipinski definition) is 1. The van der Waals surface area contributed by atoms with E-state index < -0.39 is 6.10 Å². The van der Waals surface area contributed by atoms with Crippen LogP contribution in [-0.2, 0) is 14.3 Å². The number of nitrogens with zero attached hydrogens (tertiary/aromatic N) is 2. The van der Waals surface area contributed by atoms with Crippen molar-refractivity contribution in [3.8, 4) is 0 Å². The van der Waals surface area contributed by atoms with Crippen LogP contribution < -0.4 is 5.32 Å². The average Bonchev–Trinajstić information content (AvgIpc) is 2.64. The van der Waals surface area contributed by atoms with Gasteiger partial charge in [-0.1, -0.05) is 0 Å². The molecule has 6 nitrogen and oxygen atoms in total. The first-order valence-electron chi connectivity index (χ1n) is 8.80. The molecule has 1 aromatic rings. The largest absolute Gasteiger partial charge is 0.366 e. The van der Waals surface area contributed by atoms with E-state index in [9.17, 15) is 14.0 Å². The minimum Gasteiger partial charge on any atom is -0.366 e. The molecule has 0 saturated carbocycles. The molecule has 0 spiro atoms. The van der Waals surface area contributed by atoms with E-state index in [1.54, 1.807) is 0 Å². The van der Waals surface area contributed by atoms with Gasteiger partial charge in [-0.3, -0.25) is 14.5 Å². The van der Waals surface area contributed by atoms with Crippen molar-refractivity contribution in [2.45, 2.75) is 25.4 Å². The molecule has 1 atom stereocenters. The number of carbonyl (C=O) groups is 2. The maximum Gasteiger partial charge on any atom is 0.253 e. The summed E-state index contributed by atoms with van der Waals surface area (Å²) in [5.74, 6) is -0.494. The van der Waals surface area contributed by atoms with Crippen molar-refractivity contribution >= 4 is 17.5 Å². The molecule has 0 aromatic heterocycles. The monoisotopic (exact) mass is 349 g/mol. The van der Waals surface area contributed by atoms with Crippen LogP contribution in [0.25, 0.3) is 0 Å². The van der Waals surface area contributed by atoms with Gasteiger partial charge in [0.2, 0.25) is 5.91 Å². The highest BCUT2D eigenvalue weighted by Gasteiger charge is 2.31. The second-order valence-corrected chi connectivity index (χ2v) is 6.54. The third kappa shape index (κ3) is 4.99. The van der Waals surface area contributed by atoms with E-state index >= 15 is 0 Å². The lowest BCUT2D eigenvalue weighted by molar-refractivity contribution is -0.151. The number of nitrogens with one attached hydrogen (secondary N) is 1. The van der Waals surface area contributed by atoms with Crippen LogP contribution in [0.1, 0.15) is 19.3 Å². The van der Waals surface area contributed by atoms with E-state index in [0.29, 0.717) is 25.4 Å². The number of hydrogen-bond acceptors (Lipinski definition) is 4. The van der Waals surface area contributed by atoms with Crippen LogP contribution in [0, 0.1) is 5.82 Å². The zero-order chi connectivity index (χ0) is 17.6. The van der Waals surface area contributed by atoms with Gasteiger partial charge in [0.05, 0.1) is 13.2 Å². The zero-order valence-electron chi connectivity index (χ0n) is 14.2. The van der Waals surface area contributed by atoms with E-state index in [0.717, 1.165) is 25.9 Å². The molecule has 2 amide bonds. The lowest BCUT2D eigenvalue weighted by atomic mass is 10.1. The van der Waals surface area contributed by atoms with Crippen LogP contribution in [0.3, 0.4) is 0 Å². The first-order valence-corrected chi connectivity index (χ1v) is 8.80. The molecular formula is C18H24FN3O3. The fourth-order valence-corrected chi connectivity index (χ4v) is 3.25. The van der Waals surface area contributed by atoms with Crippen LogP contribution in [0.2, 0.25) is 0 Å². The summed E-state index contributed by atoms with van der Waals surface area (Å²) in [6.07, 6.45) is 2.76. The topological polar surface area (TPSA) is 61.9 Å². The Bertz CT molecular complexity index is 602. The summed E-state index contributed by atoms with van der Waals surface area (Å²) in [4.78, 5) is 28.5. The van der Waals surface area contributed by atoms with E-state index in [2.05, 4.69) is 5.32 Å². The second kappa shape index (κ2) is 8.40. The third-order valence-electron chi connectivity index (χ3n) is 4.59. The van der Waals surface area contributed by atoms with Crippen LogP contribution >= 0.6 is 0 Å². The van der Waals surface area contributed by atoms with Gasteiger partial charge in [0, 0.05) is 31.9 Å². The summed E-state index contributed by atoms with van der Waals surface area (Å²) >= 11 is 0. The number of rotatable bonds is 4. The van der Waals surface area contributed by atoms with Crippen molar-refractivity contribution < 1.29 is 18.7 Å². The van der Waals surface area contributed by atoms with Gasteiger partial charge in [-0.05, 0) is 43.5 Å². The van der Waals surface area contributed by atoms with Crippen molar-refractivity contribution in [2.24, 2.45) is 0 Å². The molecule has 2 saturated heterocycles. The number of piperidine rings is 1. The van der Waals surface area contributed by atoms with Crippen LogP contribution in [0.5, 0.6) is 0 Å². The smallest absolute Gasteiger partial charge is 0.253 e. The Labute approximate surface area is 146 Å². The van der Waals surface area contributed by atoms with Crippen molar-refractivity contribution in [1.82, 2.24) is 9.80 Å². The fraction of sp³-hybridized carbons (Fsp3) is 0.556. The molecule has 136 valence electrons. The molecule has 7 heteroatoms. The number of ether oxygens (including phenoxy) is 1. The van der Waals surface area contributed by atoms with Crippen molar-refractivity contribution in [3.05, 3.63) is 30.1 Å². The highest BCUT2D eigenvalue weighted by molar-refractivity contribution is 5.92. The summed E-state index contributed by atoms with van der Waals surface area (Å²) in [6, 6.07) is 5.65. The van der Waals surface area contributed by atoms with Crippen molar-refractivity contribution in [1.29, 1.82) is 0 Å². The van der Waals surface area contributed by atoms with Gasteiger partial charge < -0.3 is 15.0 Å². The molecule has 1 N–H and O–H groups in total. The van der Waals surface area contributed by atoms with Crippen LogP contribution in [-0.4, -0.2) is 67.0 Å². The molecule has 2 fully saturated rings. The maximum atomic E-state index is 12.9. The summed E-state index contributed by atoms with van der Waals surface area (Å²) in [7, 11) is 0. The maximum absolute atomic E-state index is 12.9. The molecule has 1 unspecified atom stereocenters. The minimum absolute atomic E-state index is 0.0309. The lowest BCUT2D eigenvalue weighted by Crippen LogP contribution is -2.53. The van der Waals surface area contributed by atoms with Gasteiger partial charge >= 0.3 is 0 Å². The van der Waals surface area contributed by atoms with Gasteiger partial charge in [-0.2, -0.15) is 0 Å². The first-order chi connectivity index (χ1) is 12.1. The van der Waals surface area contributed by atoms with Crippen LogP contribution in [0.4, 0.5) is 10.1 Å².